The highest BCUT2D eigenvalue weighted by atomic mass is 16.4. The predicted octanol–water partition coefficient (Wildman–Crippen LogP) is 4.82. The molecule has 0 aliphatic heterocycles. The van der Waals surface area contributed by atoms with E-state index in [1.165, 1.54) is 12.1 Å². The maximum atomic E-state index is 10.8. The lowest BCUT2D eigenvalue weighted by Crippen LogP contribution is -1.94. The van der Waals surface area contributed by atoms with Crippen LogP contribution in [0.3, 0.4) is 0 Å². The van der Waals surface area contributed by atoms with Gasteiger partial charge < -0.3 is 10.2 Å². The molecular weight excluding hydrogens is 324 g/mol. The topological polar surface area (TPSA) is 57.5 Å². The molecule has 0 aliphatic rings. The lowest BCUT2D eigenvalue weighted by Gasteiger charge is -2.06. The monoisotopic (exact) mass is 340 g/mol. The van der Waals surface area contributed by atoms with Crippen molar-refractivity contribution in [1.82, 2.24) is 0 Å². The molecule has 3 heteroatoms. The summed E-state index contributed by atoms with van der Waals surface area (Å²) in [4.78, 5) is 10.8. The predicted molar refractivity (Wildman–Crippen MR) is 103 cm³/mol. The van der Waals surface area contributed by atoms with Crippen molar-refractivity contribution in [2.75, 3.05) is 0 Å². The summed E-state index contributed by atoms with van der Waals surface area (Å²) in [5, 5.41) is 18.3. The zero-order valence-corrected chi connectivity index (χ0v) is 13.9. The standard InChI is InChI=1S/C23H16O3/c24-21-15-13-19(14-16-21)22-8-4-3-7-18(22)6-2-1-5-17-9-11-20(12-10-17)23(25)26/h2-4,6-16,24H,(H,25,26). The number of aromatic hydroxyl groups is 1. The van der Waals surface area contributed by atoms with E-state index in [1.807, 2.05) is 42.5 Å². The number of phenols is 1. The largest absolute Gasteiger partial charge is 0.508 e. The van der Waals surface area contributed by atoms with E-state index in [4.69, 9.17) is 5.11 Å². The van der Waals surface area contributed by atoms with E-state index in [-0.39, 0.29) is 11.3 Å². The molecule has 0 spiro atoms. The van der Waals surface area contributed by atoms with E-state index >= 15 is 0 Å². The molecule has 0 bridgehead atoms. The third kappa shape index (κ3) is 4.19. The van der Waals surface area contributed by atoms with Crippen LogP contribution >= 0.6 is 0 Å². The van der Waals surface area contributed by atoms with Crippen LogP contribution in [0.25, 0.3) is 17.2 Å². The van der Waals surface area contributed by atoms with Gasteiger partial charge in [0.05, 0.1) is 5.56 Å². The number of carboxylic acids is 1. The summed E-state index contributed by atoms with van der Waals surface area (Å²) in [7, 11) is 0. The minimum atomic E-state index is -0.949. The van der Waals surface area contributed by atoms with Gasteiger partial charge in [-0.3, -0.25) is 0 Å². The van der Waals surface area contributed by atoms with Gasteiger partial charge in [-0.25, -0.2) is 4.79 Å². The lowest BCUT2D eigenvalue weighted by atomic mass is 9.99. The fourth-order valence-corrected chi connectivity index (χ4v) is 2.50. The Bertz CT molecular complexity index is 1000. The molecule has 26 heavy (non-hydrogen) atoms. The van der Waals surface area contributed by atoms with Crippen LogP contribution in [0.1, 0.15) is 21.5 Å². The number of phenolic OH excluding ortho intramolecular Hbond substituents is 1. The Kier molecular flexibility index (Phi) is 5.16. The van der Waals surface area contributed by atoms with E-state index in [0.29, 0.717) is 0 Å². The Morgan fingerprint density at radius 2 is 1.58 bits per heavy atom. The smallest absolute Gasteiger partial charge is 0.335 e. The number of hydrogen-bond acceptors (Lipinski definition) is 2. The summed E-state index contributed by atoms with van der Waals surface area (Å²) in [5.74, 6) is 5.24. The quantitative estimate of drug-likeness (QED) is 0.672. The molecule has 2 N–H and O–H groups in total. The Hall–Kier alpha value is -3.77. The van der Waals surface area contributed by atoms with Gasteiger partial charge in [0.2, 0.25) is 0 Å². The summed E-state index contributed by atoms with van der Waals surface area (Å²) in [6.07, 6.45) is 3.70. The third-order valence-corrected chi connectivity index (χ3v) is 3.83. The van der Waals surface area contributed by atoms with E-state index in [9.17, 15) is 9.90 Å². The minimum absolute atomic E-state index is 0.238. The molecule has 0 unspecified atom stereocenters. The number of aromatic carboxylic acids is 1. The normalized spacial score (nSPS) is 10.3. The van der Waals surface area contributed by atoms with Crippen molar-refractivity contribution in [3.63, 3.8) is 0 Å². The summed E-state index contributed by atoms with van der Waals surface area (Å²) in [6, 6.07) is 21.5. The summed E-state index contributed by atoms with van der Waals surface area (Å²) in [6.45, 7) is 0. The van der Waals surface area contributed by atoms with Crippen LogP contribution in [0.5, 0.6) is 5.75 Å². The molecule has 3 aromatic carbocycles. The van der Waals surface area contributed by atoms with Gasteiger partial charge in [-0.2, -0.15) is 0 Å². The Morgan fingerprint density at radius 3 is 2.27 bits per heavy atom. The highest BCUT2D eigenvalue weighted by Crippen LogP contribution is 2.26. The first-order chi connectivity index (χ1) is 12.6. The van der Waals surface area contributed by atoms with Gasteiger partial charge >= 0.3 is 5.97 Å². The van der Waals surface area contributed by atoms with Crippen LogP contribution in [0, 0.1) is 11.8 Å². The molecule has 0 fully saturated rings. The van der Waals surface area contributed by atoms with Crippen molar-refractivity contribution >= 4 is 12.0 Å². The zero-order valence-electron chi connectivity index (χ0n) is 13.9. The van der Waals surface area contributed by atoms with Crippen LogP contribution in [0.4, 0.5) is 0 Å². The van der Waals surface area contributed by atoms with Gasteiger partial charge in [-0.05, 0) is 65.2 Å². The number of allylic oxidation sites excluding steroid dienone is 1. The molecule has 0 aliphatic carbocycles. The Labute approximate surface area is 151 Å². The van der Waals surface area contributed by atoms with Gasteiger partial charge in [-0.15, -0.1) is 0 Å². The number of benzene rings is 3. The molecule has 126 valence electrons. The lowest BCUT2D eigenvalue weighted by molar-refractivity contribution is 0.0697. The highest BCUT2D eigenvalue weighted by molar-refractivity contribution is 5.87. The van der Waals surface area contributed by atoms with Crippen LogP contribution < -0.4 is 0 Å². The molecule has 3 aromatic rings. The van der Waals surface area contributed by atoms with Crippen molar-refractivity contribution < 1.29 is 15.0 Å². The number of rotatable bonds is 3. The van der Waals surface area contributed by atoms with E-state index in [0.717, 1.165) is 22.3 Å². The molecule has 0 amide bonds. The summed E-state index contributed by atoms with van der Waals surface area (Å²) < 4.78 is 0. The average Bonchev–Trinajstić information content (AvgIpc) is 2.67. The van der Waals surface area contributed by atoms with Crippen molar-refractivity contribution in [3.8, 4) is 28.7 Å². The van der Waals surface area contributed by atoms with Crippen molar-refractivity contribution in [2.24, 2.45) is 0 Å². The van der Waals surface area contributed by atoms with Crippen molar-refractivity contribution in [1.29, 1.82) is 0 Å². The second-order valence-electron chi connectivity index (χ2n) is 5.62. The van der Waals surface area contributed by atoms with Gasteiger partial charge in [0.25, 0.3) is 0 Å². The first kappa shape index (κ1) is 17.1. The number of carboxylic acid groups (broad SMARTS) is 1. The Morgan fingerprint density at radius 1 is 0.885 bits per heavy atom. The van der Waals surface area contributed by atoms with Crippen molar-refractivity contribution in [3.05, 3.63) is 95.6 Å². The van der Waals surface area contributed by atoms with Crippen LogP contribution in [0.2, 0.25) is 0 Å². The van der Waals surface area contributed by atoms with Crippen molar-refractivity contribution in [2.45, 2.75) is 0 Å². The van der Waals surface area contributed by atoms with Crippen LogP contribution in [0.15, 0.2) is 78.9 Å². The van der Waals surface area contributed by atoms with E-state index < -0.39 is 5.97 Å². The second kappa shape index (κ2) is 7.87. The zero-order chi connectivity index (χ0) is 18.4. The molecule has 0 saturated heterocycles. The molecule has 0 saturated carbocycles. The second-order valence-corrected chi connectivity index (χ2v) is 5.62. The first-order valence-electron chi connectivity index (χ1n) is 8.03. The summed E-state index contributed by atoms with van der Waals surface area (Å²) >= 11 is 0. The fraction of sp³-hybridized carbons (Fsp3) is 0. The minimum Gasteiger partial charge on any atom is -0.508 e. The SMILES string of the molecule is O=C(O)c1ccc(C#CC=Cc2ccccc2-c2ccc(O)cc2)cc1. The third-order valence-electron chi connectivity index (χ3n) is 3.83. The van der Waals surface area contributed by atoms with Gasteiger partial charge in [-0.1, -0.05) is 48.2 Å². The number of carbonyl (C=O) groups is 1. The molecule has 3 nitrogen and oxygen atoms in total. The first-order valence-corrected chi connectivity index (χ1v) is 8.03. The molecule has 0 aromatic heterocycles. The molecule has 0 heterocycles. The van der Waals surface area contributed by atoms with Gasteiger partial charge in [0.1, 0.15) is 5.75 Å². The average molecular weight is 340 g/mol. The molecule has 3 rings (SSSR count). The van der Waals surface area contributed by atoms with E-state index in [2.05, 4.69) is 11.8 Å². The van der Waals surface area contributed by atoms with Gasteiger partial charge in [0.15, 0.2) is 0 Å². The van der Waals surface area contributed by atoms with Gasteiger partial charge in [0, 0.05) is 5.56 Å². The van der Waals surface area contributed by atoms with Crippen LogP contribution in [-0.4, -0.2) is 16.2 Å². The molecule has 0 radical (unpaired) electrons. The highest BCUT2D eigenvalue weighted by Gasteiger charge is 2.02. The maximum Gasteiger partial charge on any atom is 0.335 e. The molecular formula is C23H16O3. The number of hydrogen-bond donors (Lipinski definition) is 2. The van der Waals surface area contributed by atoms with Crippen LogP contribution in [-0.2, 0) is 0 Å². The summed E-state index contributed by atoms with van der Waals surface area (Å²) in [5.41, 5.74) is 4.09. The molecule has 0 atom stereocenters. The fourth-order valence-electron chi connectivity index (χ4n) is 2.50. The maximum absolute atomic E-state index is 10.8. The Balaban J connectivity index is 1.80. The van der Waals surface area contributed by atoms with E-state index in [1.54, 1.807) is 30.3 Å².